The largest absolute Gasteiger partial charge is 0.497 e. The number of halogens is 4. The van der Waals surface area contributed by atoms with Crippen LogP contribution in [-0.4, -0.2) is 56.0 Å². The van der Waals surface area contributed by atoms with Gasteiger partial charge in [0.25, 0.3) is 0 Å². The summed E-state index contributed by atoms with van der Waals surface area (Å²) in [5.74, 6) is 1.11. The Labute approximate surface area is 278 Å². The Morgan fingerprint density at radius 1 is 1.04 bits per heavy atom. The second kappa shape index (κ2) is 15.1. The number of hydrogen-bond donors (Lipinski definition) is 2. The molecule has 250 valence electrons. The Hall–Kier alpha value is -3.23. The zero-order valence-corrected chi connectivity index (χ0v) is 28.7. The molecule has 4 aromatic rings. The Morgan fingerprint density at radius 2 is 1.70 bits per heavy atom. The van der Waals surface area contributed by atoms with Crippen molar-refractivity contribution in [2.75, 3.05) is 27.7 Å². The summed E-state index contributed by atoms with van der Waals surface area (Å²) in [6, 6.07) is 21.0. The number of methoxy groups -OCH3 is 1. The first-order chi connectivity index (χ1) is 21.1. The molecule has 0 unspecified atom stereocenters. The van der Waals surface area contributed by atoms with Crippen molar-refractivity contribution in [1.82, 2.24) is 14.7 Å². The van der Waals surface area contributed by atoms with E-state index in [9.17, 15) is 26.7 Å². The maximum absolute atomic E-state index is 13.1. The van der Waals surface area contributed by atoms with E-state index in [1.54, 1.807) is 31.4 Å². The van der Waals surface area contributed by atoms with Crippen LogP contribution in [-0.2, 0) is 21.8 Å². The molecule has 1 heterocycles. The number of ether oxygens (including phenoxy) is 1. The summed E-state index contributed by atoms with van der Waals surface area (Å²) in [6.07, 6.45) is -0.363. The Morgan fingerprint density at radius 3 is 2.26 bits per heavy atom. The van der Waals surface area contributed by atoms with E-state index in [1.165, 1.54) is 30.7 Å². The molecular weight excluding hydrogens is 685 g/mol. The number of nitrogens with two attached hydrogens (primary N) is 1. The van der Waals surface area contributed by atoms with Gasteiger partial charge in [0.1, 0.15) is 5.75 Å². The van der Waals surface area contributed by atoms with E-state index in [4.69, 9.17) is 9.88 Å². The van der Waals surface area contributed by atoms with Crippen LogP contribution in [0.1, 0.15) is 42.5 Å². The predicted octanol–water partition coefficient (Wildman–Crippen LogP) is 6.73. The van der Waals surface area contributed by atoms with Gasteiger partial charge in [-0.1, -0.05) is 54.8 Å². The molecule has 46 heavy (non-hydrogen) atoms. The van der Waals surface area contributed by atoms with Gasteiger partial charge >= 0.3 is 6.18 Å². The summed E-state index contributed by atoms with van der Waals surface area (Å²) >= 11 is 0. The third-order valence-corrected chi connectivity index (χ3v) is 8.88. The van der Waals surface area contributed by atoms with Gasteiger partial charge in [-0.3, -0.25) is 0 Å². The molecule has 3 aromatic carbocycles. The lowest BCUT2D eigenvalue weighted by Crippen LogP contribution is -2.43. The number of hydrogen-bond acceptors (Lipinski definition) is 6. The summed E-state index contributed by atoms with van der Waals surface area (Å²) in [5.41, 5.74) is 1.28. The number of sulfonamides is 1. The van der Waals surface area contributed by atoms with Crippen molar-refractivity contribution in [2.45, 2.75) is 49.3 Å². The first-order valence-corrected chi connectivity index (χ1v) is 16.1. The van der Waals surface area contributed by atoms with E-state index in [0.717, 1.165) is 53.4 Å². The molecule has 1 aliphatic rings. The van der Waals surface area contributed by atoms with Crippen LogP contribution >= 0.6 is 17.0 Å². The van der Waals surface area contributed by atoms with E-state index in [2.05, 4.69) is 24.1 Å². The van der Waals surface area contributed by atoms with Crippen LogP contribution in [0.15, 0.2) is 83.8 Å². The van der Waals surface area contributed by atoms with Crippen LogP contribution in [0, 0.1) is 12.8 Å². The van der Waals surface area contributed by atoms with Gasteiger partial charge in [-0.25, -0.2) is 18.2 Å². The molecule has 3 N–H and O–H groups in total. The van der Waals surface area contributed by atoms with Crippen molar-refractivity contribution in [3.8, 4) is 22.7 Å². The molecule has 13 heteroatoms. The number of alkyl halides is 3. The molecule has 1 aromatic heterocycles. The fourth-order valence-corrected chi connectivity index (χ4v) is 6.12. The number of benzene rings is 3. The number of aryl methyl sites for hydroxylation is 1. The maximum atomic E-state index is 13.1. The summed E-state index contributed by atoms with van der Waals surface area (Å²) in [4.78, 5) is 2.03. The van der Waals surface area contributed by atoms with Crippen LogP contribution in [0.2, 0.25) is 0 Å². The topological polar surface area (TPSA) is 111 Å². The van der Waals surface area contributed by atoms with E-state index >= 15 is 0 Å². The van der Waals surface area contributed by atoms with Crippen LogP contribution in [0.4, 0.5) is 13.2 Å². The average molecular weight is 726 g/mol. The molecule has 0 amide bonds. The van der Waals surface area contributed by atoms with Crippen LogP contribution < -0.4 is 9.88 Å². The molecular formula is C33H40BrF3N4O4S. The van der Waals surface area contributed by atoms with Crippen molar-refractivity contribution in [2.24, 2.45) is 11.1 Å². The van der Waals surface area contributed by atoms with Gasteiger partial charge in [-0.2, -0.15) is 18.3 Å². The summed E-state index contributed by atoms with van der Waals surface area (Å²) in [6.45, 7) is 2.79. The molecule has 0 radical (unpaired) electrons. The van der Waals surface area contributed by atoms with Crippen molar-refractivity contribution in [3.05, 3.63) is 95.7 Å². The zero-order chi connectivity index (χ0) is 33.0. The normalized spacial score (nSPS) is 18.3. The molecule has 1 aliphatic carbocycles. The second-order valence-electron chi connectivity index (χ2n) is 11.6. The standard InChI is InChI=1S/C17H14F3N3O2S.C16H25NO2.BrH/c1-11-2-4-12(5-3-11)15-10-16(17(18,19)20)22-23(15)13-6-8-14(9-7-13)26(21,24)25;1-17(2)12-14-7-4-5-10-16(14,18)13-8-6-9-15(11-13)19-3;/h2-10H,1H3,(H2,21,24,25);6,8-9,11,14,18H,4-5,7,10,12H2,1-3H3;1H/t;14-,16+;/m.1./s1. The highest BCUT2D eigenvalue weighted by molar-refractivity contribution is 8.93. The van der Waals surface area contributed by atoms with E-state index in [-0.39, 0.29) is 33.3 Å². The zero-order valence-electron chi connectivity index (χ0n) is 26.2. The number of primary sulfonamides is 1. The van der Waals surface area contributed by atoms with Gasteiger partial charge in [0, 0.05) is 18.0 Å². The van der Waals surface area contributed by atoms with Crippen molar-refractivity contribution >= 4 is 27.0 Å². The average Bonchev–Trinajstić information content (AvgIpc) is 3.45. The van der Waals surface area contributed by atoms with Gasteiger partial charge in [-0.05, 0) is 81.9 Å². The van der Waals surface area contributed by atoms with Gasteiger partial charge in [-0.15, -0.1) is 17.0 Å². The highest BCUT2D eigenvalue weighted by atomic mass is 79.9. The Kier molecular flexibility index (Phi) is 12.2. The molecule has 5 rings (SSSR count). The molecule has 0 aliphatic heterocycles. The molecule has 0 saturated heterocycles. The fraction of sp³-hybridized carbons (Fsp3) is 0.364. The predicted molar refractivity (Wildman–Crippen MR) is 178 cm³/mol. The smallest absolute Gasteiger partial charge is 0.435 e. The van der Waals surface area contributed by atoms with Crippen LogP contribution in [0.3, 0.4) is 0 Å². The molecule has 2 atom stereocenters. The van der Waals surface area contributed by atoms with Gasteiger partial charge in [0.05, 0.1) is 29.0 Å². The first kappa shape index (κ1) is 37.2. The third-order valence-electron chi connectivity index (χ3n) is 7.95. The van der Waals surface area contributed by atoms with Gasteiger partial charge in [0.15, 0.2) is 5.69 Å². The molecule has 1 fully saturated rings. The van der Waals surface area contributed by atoms with Crippen molar-refractivity contribution < 1.29 is 31.4 Å². The Balaban J connectivity index is 0.000000257. The van der Waals surface area contributed by atoms with Crippen LogP contribution in [0.5, 0.6) is 5.75 Å². The third kappa shape index (κ3) is 8.97. The second-order valence-corrected chi connectivity index (χ2v) is 13.2. The summed E-state index contributed by atoms with van der Waals surface area (Å²) in [5, 5.41) is 19.9. The SMILES string of the molecule is Br.COc1cccc([C@@]2(O)CCCC[C@@H]2CN(C)C)c1.Cc1ccc(-c2cc(C(F)(F)F)nn2-c2ccc(S(N)(=O)=O)cc2)cc1. The lowest BCUT2D eigenvalue weighted by atomic mass is 9.71. The Bertz CT molecular complexity index is 1700. The van der Waals surface area contributed by atoms with Crippen molar-refractivity contribution in [3.63, 3.8) is 0 Å². The minimum absolute atomic E-state index is 0. The summed E-state index contributed by atoms with van der Waals surface area (Å²) < 4.78 is 68.5. The first-order valence-electron chi connectivity index (χ1n) is 14.5. The molecule has 0 spiro atoms. The number of nitrogens with zero attached hydrogens (tertiary/aromatic N) is 3. The van der Waals surface area contributed by atoms with E-state index < -0.39 is 27.5 Å². The molecule has 1 saturated carbocycles. The van der Waals surface area contributed by atoms with E-state index in [1.807, 2.05) is 31.2 Å². The lowest BCUT2D eigenvalue weighted by Gasteiger charge is -2.41. The minimum Gasteiger partial charge on any atom is -0.497 e. The van der Waals surface area contributed by atoms with Gasteiger partial charge < -0.3 is 14.7 Å². The molecule has 0 bridgehead atoms. The lowest BCUT2D eigenvalue weighted by molar-refractivity contribution is -0.141. The minimum atomic E-state index is -4.61. The number of aliphatic hydroxyl groups is 1. The summed E-state index contributed by atoms with van der Waals surface area (Å²) in [7, 11) is 1.91. The quantitative estimate of drug-likeness (QED) is 0.219. The monoisotopic (exact) mass is 724 g/mol. The van der Waals surface area contributed by atoms with E-state index in [0.29, 0.717) is 11.5 Å². The number of aromatic nitrogens is 2. The maximum Gasteiger partial charge on any atom is 0.435 e. The fourth-order valence-electron chi connectivity index (χ4n) is 5.61. The van der Waals surface area contributed by atoms with Gasteiger partial charge in [0.2, 0.25) is 10.0 Å². The number of rotatable bonds is 7. The van der Waals surface area contributed by atoms with Crippen LogP contribution in [0.25, 0.3) is 16.9 Å². The van der Waals surface area contributed by atoms with Crippen molar-refractivity contribution in [1.29, 1.82) is 0 Å². The highest BCUT2D eigenvalue weighted by Gasteiger charge is 2.40. The highest BCUT2D eigenvalue weighted by Crippen LogP contribution is 2.42. The molecule has 8 nitrogen and oxygen atoms in total.